The van der Waals surface area contributed by atoms with Crippen molar-refractivity contribution in [2.45, 2.75) is 64.0 Å². The lowest BCUT2D eigenvalue weighted by Gasteiger charge is -2.35. The van der Waals surface area contributed by atoms with Gasteiger partial charge in [-0.3, -0.25) is 0 Å². The molecule has 2 nitrogen and oxygen atoms in total. The summed E-state index contributed by atoms with van der Waals surface area (Å²) in [5.74, 6) is 1.56. The summed E-state index contributed by atoms with van der Waals surface area (Å²) in [6.45, 7) is 4.77. The lowest BCUT2D eigenvalue weighted by Crippen LogP contribution is -2.53. The van der Waals surface area contributed by atoms with E-state index < -0.39 is 0 Å². The van der Waals surface area contributed by atoms with Gasteiger partial charge in [0.2, 0.25) is 0 Å². The van der Waals surface area contributed by atoms with Crippen molar-refractivity contribution in [1.82, 2.24) is 5.32 Å². The van der Waals surface area contributed by atoms with Crippen LogP contribution in [0.15, 0.2) is 0 Å². The van der Waals surface area contributed by atoms with Crippen molar-refractivity contribution in [3.05, 3.63) is 0 Å². The van der Waals surface area contributed by atoms with Crippen molar-refractivity contribution in [1.29, 1.82) is 0 Å². The Balaban J connectivity index is 1.87. The van der Waals surface area contributed by atoms with Crippen LogP contribution in [0, 0.1) is 11.8 Å². The SMILES string of the molecule is CC(NC(C)(CO)C1CC1)C1CCCC1. The van der Waals surface area contributed by atoms with Crippen LogP contribution in [0.2, 0.25) is 0 Å². The topological polar surface area (TPSA) is 32.3 Å². The summed E-state index contributed by atoms with van der Waals surface area (Å²) < 4.78 is 0. The van der Waals surface area contributed by atoms with Crippen LogP contribution in [0.3, 0.4) is 0 Å². The van der Waals surface area contributed by atoms with Gasteiger partial charge in [-0.25, -0.2) is 0 Å². The molecule has 0 aromatic heterocycles. The van der Waals surface area contributed by atoms with Gasteiger partial charge in [0.05, 0.1) is 6.61 Å². The first kappa shape index (κ1) is 11.4. The molecular formula is C13H25NO. The third-order valence-electron chi connectivity index (χ3n) is 4.47. The molecule has 0 spiro atoms. The highest BCUT2D eigenvalue weighted by Gasteiger charge is 2.42. The zero-order valence-electron chi connectivity index (χ0n) is 10.1. The molecule has 2 atom stereocenters. The maximum atomic E-state index is 9.52. The van der Waals surface area contributed by atoms with Crippen LogP contribution >= 0.6 is 0 Å². The molecule has 15 heavy (non-hydrogen) atoms. The van der Waals surface area contributed by atoms with E-state index in [1.54, 1.807) is 0 Å². The summed E-state index contributed by atoms with van der Waals surface area (Å²) >= 11 is 0. The van der Waals surface area contributed by atoms with E-state index in [1.165, 1.54) is 38.5 Å². The highest BCUT2D eigenvalue weighted by Crippen LogP contribution is 2.40. The molecule has 2 unspecified atom stereocenters. The predicted octanol–water partition coefficient (Wildman–Crippen LogP) is 2.32. The molecule has 0 heterocycles. The summed E-state index contributed by atoms with van der Waals surface area (Å²) in [6.07, 6.45) is 8.13. The first-order chi connectivity index (χ1) is 7.15. The molecule has 2 N–H and O–H groups in total. The van der Waals surface area contributed by atoms with Gasteiger partial charge in [-0.05, 0) is 51.4 Å². The Hall–Kier alpha value is -0.0800. The van der Waals surface area contributed by atoms with Gasteiger partial charge in [-0.2, -0.15) is 0 Å². The molecule has 0 saturated heterocycles. The first-order valence-electron chi connectivity index (χ1n) is 6.54. The van der Waals surface area contributed by atoms with E-state index in [9.17, 15) is 5.11 Å². The molecule has 0 aromatic carbocycles. The van der Waals surface area contributed by atoms with Gasteiger partial charge in [-0.1, -0.05) is 12.8 Å². The quantitative estimate of drug-likeness (QED) is 0.731. The van der Waals surface area contributed by atoms with Gasteiger partial charge in [0, 0.05) is 11.6 Å². The van der Waals surface area contributed by atoms with Crippen LogP contribution in [-0.4, -0.2) is 23.3 Å². The largest absolute Gasteiger partial charge is 0.394 e. The molecular weight excluding hydrogens is 186 g/mol. The molecule has 2 aliphatic carbocycles. The zero-order valence-corrected chi connectivity index (χ0v) is 10.1. The van der Waals surface area contributed by atoms with Crippen LogP contribution < -0.4 is 5.32 Å². The number of nitrogens with one attached hydrogen (secondary N) is 1. The fourth-order valence-electron chi connectivity index (χ4n) is 3.11. The van der Waals surface area contributed by atoms with Crippen molar-refractivity contribution in [2.24, 2.45) is 11.8 Å². The second kappa shape index (κ2) is 4.42. The molecule has 2 fully saturated rings. The Morgan fingerprint density at radius 3 is 2.33 bits per heavy atom. The molecule has 2 aliphatic rings. The van der Waals surface area contributed by atoms with E-state index in [0.29, 0.717) is 12.0 Å². The molecule has 0 aromatic rings. The summed E-state index contributed by atoms with van der Waals surface area (Å²) in [5.41, 5.74) is -0.0119. The molecule has 2 rings (SSSR count). The summed E-state index contributed by atoms with van der Waals surface area (Å²) in [5, 5.41) is 13.2. The van der Waals surface area contributed by atoms with E-state index in [4.69, 9.17) is 0 Å². The van der Waals surface area contributed by atoms with Crippen molar-refractivity contribution in [3.63, 3.8) is 0 Å². The maximum Gasteiger partial charge on any atom is 0.0613 e. The summed E-state index contributed by atoms with van der Waals surface area (Å²) in [4.78, 5) is 0. The Labute approximate surface area is 93.5 Å². The molecule has 0 bridgehead atoms. The van der Waals surface area contributed by atoms with E-state index >= 15 is 0 Å². The zero-order chi connectivity index (χ0) is 10.9. The first-order valence-corrected chi connectivity index (χ1v) is 6.54. The van der Waals surface area contributed by atoms with Gasteiger partial charge in [0.15, 0.2) is 0 Å². The number of aliphatic hydroxyl groups excluding tert-OH is 1. The third-order valence-corrected chi connectivity index (χ3v) is 4.47. The fraction of sp³-hybridized carbons (Fsp3) is 1.00. The van der Waals surface area contributed by atoms with E-state index in [-0.39, 0.29) is 12.1 Å². The number of hydrogen-bond donors (Lipinski definition) is 2. The average Bonchev–Trinajstić information content (AvgIpc) is 2.94. The molecule has 0 radical (unpaired) electrons. The van der Waals surface area contributed by atoms with Gasteiger partial charge >= 0.3 is 0 Å². The van der Waals surface area contributed by atoms with E-state index in [1.807, 2.05) is 0 Å². The fourth-order valence-corrected chi connectivity index (χ4v) is 3.11. The second-order valence-electron chi connectivity index (χ2n) is 5.83. The third kappa shape index (κ3) is 2.54. The highest BCUT2D eigenvalue weighted by atomic mass is 16.3. The van der Waals surface area contributed by atoms with Crippen LogP contribution in [0.4, 0.5) is 0 Å². The minimum absolute atomic E-state index is 0.0119. The van der Waals surface area contributed by atoms with Crippen LogP contribution in [-0.2, 0) is 0 Å². The molecule has 0 amide bonds. The maximum absolute atomic E-state index is 9.52. The Morgan fingerprint density at radius 1 is 1.27 bits per heavy atom. The van der Waals surface area contributed by atoms with E-state index in [0.717, 1.165) is 5.92 Å². The Bertz CT molecular complexity index is 209. The van der Waals surface area contributed by atoms with Gasteiger partial charge < -0.3 is 10.4 Å². The lowest BCUT2D eigenvalue weighted by molar-refractivity contribution is 0.132. The standard InChI is InChI=1S/C13H25NO/c1-10(11-5-3-4-6-11)14-13(2,9-15)12-7-8-12/h10-12,14-15H,3-9H2,1-2H3. The van der Waals surface area contributed by atoms with Crippen molar-refractivity contribution < 1.29 is 5.11 Å². The van der Waals surface area contributed by atoms with Crippen molar-refractivity contribution >= 4 is 0 Å². The Kier molecular flexibility index (Phi) is 3.36. The van der Waals surface area contributed by atoms with Crippen LogP contribution in [0.1, 0.15) is 52.4 Å². The second-order valence-corrected chi connectivity index (χ2v) is 5.83. The number of rotatable bonds is 5. The normalized spacial score (nSPS) is 29.0. The average molecular weight is 211 g/mol. The molecule has 0 aliphatic heterocycles. The van der Waals surface area contributed by atoms with Gasteiger partial charge in [0.25, 0.3) is 0 Å². The lowest BCUT2D eigenvalue weighted by atomic mass is 9.91. The monoisotopic (exact) mass is 211 g/mol. The predicted molar refractivity (Wildman–Crippen MR) is 62.8 cm³/mol. The van der Waals surface area contributed by atoms with Gasteiger partial charge in [0.1, 0.15) is 0 Å². The minimum Gasteiger partial charge on any atom is -0.394 e. The van der Waals surface area contributed by atoms with Crippen LogP contribution in [0.5, 0.6) is 0 Å². The van der Waals surface area contributed by atoms with E-state index in [2.05, 4.69) is 19.2 Å². The van der Waals surface area contributed by atoms with Gasteiger partial charge in [-0.15, -0.1) is 0 Å². The van der Waals surface area contributed by atoms with Crippen molar-refractivity contribution in [2.75, 3.05) is 6.61 Å². The number of aliphatic hydroxyl groups is 1. The summed E-state index contributed by atoms with van der Waals surface area (Å²) in [6, 6.07) is 0.574. The summed E-state index contributed by atoms with van der Waals surface area (Å²) in [7, 11) is 0. The molecule has 88 valence electrons. The van der Waals surface area contributed by atoms with Crippen molar-refractivity contribution in [3.8, 4) is 0 Å². The molecule has 2 saturated carbocycles. The highest BCUT2D eigenvalue weighted by molar-refractivity contribution is 4.99. The smallest absolute Gasteiger partial charge is 0.0613 e. The Morgan fingerprint density at radius 2 is 1.87 bits per heavy atom. The minimum atomic E-state index is -0.0119. The van der Waals surface area contributed by atoms with Crippen LogP contribution in [0.25, 0.3) is 0 Å². The number of hydrogen-bond acceptors (Lipinski definition) is 2. The molecule has 2 heteroatoms.